The van der Waals surface area contributed by atoms with E-state index in [9.17, 15) is 13.2 Å². The Balaban J connectivity index is 1.85. The number of hydrogen-bond acceptors (Lipinski definition) is 7. The van der Waals surface area contributed by atoms with Crippen LogP contribution in [0.2, 0.25) is 0 Å². The molecule has 0 fully saturated rings. The highest BCUT2D eigenvalue weighted by Gasteiger charge is 2.26. The van der Waals surface area contributed by atoms with Crippen LogP contribution in [0.25, 0.3) is 0 Å². The van der Waals surface area contributed by atoms with Crippen molar-refractivity contribution in [3.63, 3.8) is 0 Å². The van der Waals surface area contributed by atoms with E-state index in [1.54, 1.807) is 11.6 Å². The van der Waals surface area contributed by atoms with Crippen molar-refractivity contribution >= 4 is 27.3 Å². The van der Waals surface area contributed by atoms with Crippen molar-refractivity contribution in [3.05, 3.63) is 23.0 Å². The summed E-state index contributed by atoms with van der Waals surface area (Å²) in [6.07, 6.45) is 3.33. The van der Waals surface area contributed by atoms with Crippen molar-refractivity contribution in [2.24, 2.45) is 0 Å². The monoisotopic (exact) mass is 328 g/mol. The summed E-state index contributed by atoms with van der Waals surface area (Å²) in [5.41, 5.74) is 0.111. The van der Waals surface area contributed by atoms with E-state index in [1.165, 1.54) is 12.4 Å². The summed E-state index contributed by atoms with van der Waals surface area (Å²) >= 11 is 0.997. The SMILES string of the molecule is Cc1ncc(S(=O)(=O)NC(=O)c2cnn3c2OCCC3)s1. The number of aryl methyl sites for hydroxylation is 2. The second kappa shape index (κ2) is 5.11. The van der Waals surface area contributed by atoms with Gasteiger partial charge in [-0.15, -0.1) is 11.3 Å². The molecule has 3 heterocycles. The standard InChI is InChI=1S/C11H12N4O4S2/c1-7-12-6-9(20-7)21(17,18)14-10(16)8-5-13-15-3-2-4-19-11(8)15/h5-6H,2-4H2,1H3,(H,14,16). The summed E-state index contributed by atoms with van der Waals surface area (Å²) < 4.78 is 33.1. The molecule has 1 amide bonds. The lowest BCUT2D eigenvalue weighted by atomic mass is 10.3. The fraction of sp³-hybridized carbons (Fsp3) is 0.364. The molecule has 112 valence electrons. The minimum Gasteiger partial charge on any atom is -0.477 e. The van der Waals surface area contributed by atoms with Gasteiger partial charge in [-0.3, -0.25) is 4.79 Å². The van der Waals surface area contributed by atoms with Gasteiger partial charge >= 0.3 is 0 Å². The first-order valence-corrected chi connectivity index (χ1v) is 8.45. The van der Waals surface area contributed by atoms with E-state index >= 15 is 0 Å². The molecule has 0 aliphatic carbocycles. The van der Waals surface area contributed by atoms with Gasteiger partial charge < -0.3 is 4.74 Å². The quantitative estimate of drug-likeness (QED) is 0.882. The van der Waals surface area contributed by atoms with Crippen LogP contribution >= 0.6 is 11.3 Å². The molecule has 10 heteroatoms. The molecule has 1 aliphatic heterocycles. The minimum absolute atomic E-state index is 0.00435. The zero-order valence-electron chi connectivity index (χ0n) is 11.1. The Morgan fingerprint density at radius 2 is 2.29 bits per heavy atom. The van der Waals surface area contributed by atoms with E-state index in [0.29, 0.717) is 24.0 Å². The van der Waals surface area contributed by atoms with Crippen LogP contribution in [-0.2, 0) is 16.6 Å². The average Bonchev–Trinajstić information content (AvgIpc) is 3.04. The first-order valence-electron chi connectivity index (χ1n) is 6.15. The molecule has 1 aliphatic rings. The summed E-state index contributed by atoms with van der Waals surface area (Å²) in [5, 5.41) is 4.62. The molecule has 0 saturated carbocycles. The van der Waals surface area contributed by atoms with Gasteiger partial charge in [-0.1, -0.05) is 0 Å². The molecule has 0 saturated heterocycles. The van der Waals surface area contributed by atoms with Gasteiger partial charge in [-0.05, 0) is 6.92 Å². The first kappa shape index (κ1) is 14.0. The first-order chi connectivity index (χ1) is 9.97. The highest BCUT2D eigenvalue weighted by Crippen LogP contribution is 2.23. The molecule has 3 rings (SSSR count). The number of nitrogens with zero attached hydrogens (tertiary/aromatic N) is 3. The summed E-state index contributed by atoms with van der Waals surface area (Å²) in [7, 11) is -3.93. The molecular weight excluding hydrogens is 316 g/mol. The van der Waals surface area contributed by atoms with Gasteiger partial charge in [0.15, 0.2) is 4.21 Å². The zero-order valence-corrected chi connectivity index (χ0v) is 12.7. The Morgan fingerprint density at radius 1 is 1.48 bits per heavy atom. The second-order valence-electron chi connectivity index (χ2n) is 4.42. The summed E-state index contributed by atoms with van der Waals surface area (Å²) in [6, 6.07) is 0. The van der Waals surface area contributed by atoms with E-state index in [0.717, 1.165) is 17.8 Å². The summed E-state index contributed by atoms with van der Waals surface area (Å²) in [4.78, 5) is 16.0. The Labute approximate surface area is 124 Å². The minimum atomic E-state index is -3.93. The number of fused-ring (bicyclic) bond motifs is 1. The fourth-order valence-corrected chi connectivity index (χ4v) is 3.99. The Bertz CT molecular complexity index is 793. The van der Waals surface area contributed by atoms with Crippen molar-refractivity contribution < 1.29 is 17.9 Å². The molecule has 21 heavy (non-hydrogen) atoms. The molecule has 2 aromatic rings. The maximum absolute atomic E-state index is 12.1. The lowest BCUT2D eigenvalue weighted by Gasteiger charge is -2.15. The number of carbonyl (C=O) groups is 1. The predicted molar refractivity (Wildman–Crippen MR) is 73.8 cm³/mol. The zero-order chi connectivity index (χ0) is 15.0. The van der Waals surface area contributed by atoms with Gasteiger partial charge in [0.2, 0.25) is 5.88 Å². The number of nitrogens with one attached hydrogen (secondary N) is 1. The lowest BCUT2D eigenvalue weighted by molar-refractivity contribution is 0.0975. The second-order valence-corrected chi connectivity index (χ2v) is 7.57. The number of carbonyl (C=O) groups excluding carboxylic acids is 1. The van der Waals surface area contributed by atoms with Crippen LogP contribution in [-0.4, -0.2) is 35.7 Å². The third kappa shape index (κ3) is 2.63. The molecule has 0 atom stereocenters. The van der Waals surface area contributed by atoms with Gasteiger partial charge in [-0.2, -0.15) is 5.10 Å². The van der Waals surface area contributed by atoms with Crippen molar-refractivity contribution in [1.29, 1.82) is 0 Å². The van der Waals surface area contributed by atoms with Gasteiger partial charge in [0, 0.05) is 13.0 Å². The molecule has 0 unspecified atom stereocenters. The van der Waals surface area contributed by atoms with Crippen molar-refractivity contribution in [2.45, 2.75) is 24.1 Å². The molecule has 1 N–H and O–H groups in total. The van der Waals surface area contributed by atoms with Crippen LogP contribution in [0.5, 0.6) is 5.88 Å². The Kier molecular flexibility index (Phi) is 3.41. The van der Waals surface area contributed by atoms with Crippen LogP contribution in [0, 0.1) is 6.92 Å². The molecule has 0 spiro atoms. The summed E-state index contributed by atoms with van der Waals surface area (Å²) in [5.74, 6) is -0.460. The number of aromatic nitrogens is 3. The van der Waals surface area contributed by atoms with Crippen molar-refractivity contribution in [1.82, 2.24) is 19.5 Å². The number of rotatable bonds is 3. The van der Waals surface area contributed by atoms with E-state index in [2.05, 4.69) is 10.1 Å². The van der Waals surface area contributed by atoms with E-state index in [-0.39, 0.29) is 9.77 Å². The van der Waals surface area contributed by atoms with Crippen LogP contribution in [0.1, 0.15) is 21.8 Å². The third-order valence-corrected chi connectivity index (χ3v) is 5.59. The molecule has 0 radical (unpaired) electrons. The molecule has 2 aromatic heterocycles. The van der Waals surface area contributed by atoms with Crippen LogP contribution in [0.4, 0.5) is 0 Å². The topological polar surface area (TPSA) is 103 Å². The van der Waals surface area contributed by atoms with E-state index in [4.69, 9.17) is 4.74 Å². The van der Waals surface area contributed by atoms with E-state index < -0.39 is 15.9 Å². The molecule has 8 nitrogen and oxygen atoms in total. The third-order valence-electron chi connectivity index (χ3n) is 2.88. The van der Waals surface area contributed by atoms with E-state index in [1.807, 2.05) is 4.72 Å². The smallest absolute Gasteiger partial charge is 0.275 e. The van der Waals surface area contributed by atoms with Crippen molar-refractivity contribution in [3.8, 4) is 5.88 Å². The molecule has 0 aromatic carbocycles. The lowest BCUT2D eigenvalue weighted by Crippen LogP contribution is -2.30. The number of ether oxygens (including phenoxy) is 1. The highest BCUT2D eigenvalue weighted by molar-refractivity contribution is 7.92. The average molecular weight is 328 g/mol. The molecule has 0 bridgehead atoms. The van der Waals surface area contributed by atoms with Crippen LogP contribution in [0.15, 0.2) is 16.6 Å². The van der Waals surface area contributed by atoms with Crippen LogP contribution in [0.3, 0.4) is 0 Å². The fourth-order valence-electron chi connectivity index (χ4n) is 1.92. The Hall–Kier alpha value is -1.94. The molecular formula is C11H12N4O4S2. The van der Waals surface area contributed by atoms with Crippen molar-refractivity contribution in [2.75, 3.05) is 6.61 Å². The maximum Gasteiger partial charge on any atom is 0.275 e. The highest BCUT2D eigenvalue weighted by atomic mass is 32.2. The normalized spacial score (nSPS) is 14.3. The predicted octanol–water partition coefficient (Wildman–Crippen LogP) is 0.549. The maximum atomic E-state index is 12.1. The number of sulfonamides is 1. The number of hydrogen-bond donors (Lipinski definition) is 1. The number of thiazole rings is 1. The van der Waals surface area contributed by atoms with Gasteiger partial charge in [0.05, 0.1) is 24.0 Å². The van der Waals surface area contributed by atoms with Gasteiger partial charge in [-0.25, -0.2) is 22.8 Å². The van der Waals surface area contributed by atoms with Crippen LogP contribution < -0.4 is 9.46 Å². The largest absolute Gasteiger partial charge is 0.477 e. The van der Waals surface area contributed by atoms with Gasteiger partial charge in [0.1, 0.15) is 5.56 Å². The summed E-state index contributed by atoms with van der Waals surface area (Å²) in [6.45, 7) is 2.81. The van der Waals surface area contributed by atoms with Gasteiger partial charge in [0.25, 0.3) is 15.9 Å². The number of amides is 1. The Morgan fingerprint density at radius 3 is 3.00 bits per heavy atom.